The van der Waals surface area contributed by atoms with Crippen LogP contribution in [0.15, 0.2) is 43.0 Å². The van der Waals surface area contributed by atoms with Crippen LogP contribution >= 0.6 is 0 Å². The van der Waals surface area contributed by atoms with Gasteiger partial charge in [-0.25, -0.2) is 0 Å². The summed E-state index contributed by atoms with van der Waals surface area (Å²) < 4.78 is 0. The summed E-state index contributed by atoms with van der Waals surface area (Å²) in [5.74, 6) is -0.991. The third kappa shape index (κ3) is 4.03. The molecule has 0 aromatic heterocycles. The maximum absolute atomic E-state index is 12.3. The number of allylic oxidation sites excluding steroid dienone is 1. The molecule has 0 saturated heterocycles. The lowest BCUT2D eigenvalue weighted by Gasteiger charge is -2.23. The number of amides is 2. The zero-order chi connectivity index (χ0) is 14.3. The Bertz CT molecular complexity index is 442. The highest BCUT2D eigenvalue weighted by Crippen LogP contribution is 2.12. The van der Waals surface area contributed by atoms with E-state index in [1.165, 1.54) is 0 Å². The zero-order valence-corrected chi connectivity index (χ0v) is 11.1. The highest BCUT2D eigenvalue weighted by Gasteiger charge is 2.25. The maximum Gasteiger partial charge on any atom is 0.260 e. The Labute approximate surface area is 113 Å². The topological polar surface area (TPSA) is 57.6 Å². The van der Waals surface area contributed by atoms with Gasteiger partial charge in [0.25, 0.3) is 5.91 Å². The van der Waals surface area contributed by atoms with Crippen molar-refractivity contribution in [2.45, 2.75) is 13.3 Å². The van der Waals surface area contributed by atoms with Gasteiger partial charge in [-0.2, -0.15) is 0 Å². The number of carbonyl (C=O) groups excluding carboxylic acids is 2. The summed E-state index contributed by atoms with van der Waals surface area (Å²) in [6, 6.07) is 8.58. The van der Waals surface area contributed by atoms with E-state index >= 15 is 0 Å². The molecular weight excluding hydrogens is 242 g/mol. The second-order valence-electron chi connectivity index (χ2n) is 4.31. The molecule has 0 spiro atoms. The normalized spacial score (nSPS) is 11.7. The fourth-order valence-corrected chi connectivity index (χ4v) is 1.77. The zero-order valence-electron chi connectivity index (χ0n) is 11.1. The van der Waals surface area contributed by atoms with E-state index in [1.807, 2.05) is 0 Å². The first-order chi connectivity index (χ1) is 9.11. The molecule has 0 saturated carbocycles. The lowest BCUT2D eigenvalue weighted by molar-refractivity contribution is -0.132. The number of benzene rings is 1. The largest absolute Gasteiger partial charge is 0.395 e. The number of hydrogen-bond donors (Lipinski definition) is 1. The molecule has 1 atom stereocenters. The predicted octanol–water partition coefficient (Wildman–Crippen LogP) is 1.86. The molecule has 0 radical (unpaired) electrons. The molecular formula is C15H19NO3. The molecule has 1 aromatic carbocycles. The van der Waals surface area contributed by atoms with Crippen LogP contribution in [0.25, 0.3) is 0 Å². The van der Waals surface area contributed by atoms with E-state index < -0.39 is 0 Å². The molecule has 0 aliphatic heterocycles. The monoisotopic (exact) mass is 261 g/mol. The van der Waals surface area contributed by atoms with E-state index in [2.05, 4.69) is 6.58 Å². The summed E-state index contributed by atoms with van der Waals surface area (Å²) >= 11 is 0. The summed E-state index contributed by atoms with van der Waals surface area (Å²) in [7, 11) is 0. The first-order valence-corrected chi connectivity index (χ1v) is 6.24. The molecule has 1 rings (SSSR count). The van der Waals surface area contributed by atoms with Crippen LogP contribution in [0.2, 0.25) is 0 Å². The second kappa shape index (κ2) is 7.48. The van der Waals surface area contributed by atoms with Crippen molar-refractivity contribution in [1.82, 2.24) is 4.90 Å². The highest BCUT2D eigenvalue weighted by molar-refractivity contribution is 6.05. The fraction of sp³-hybridized carbons (Fsp3) is 0.333. The highest BCUT2D eigenvalue weighted by atomic mass is 16.3. The Balaban J connectivity index is 2.91. The molecule has 1 aromatic rings. The number of aliphatic hydroxyl groups is 1. The van der Waals surface area contributed by atoms with Gasteiger partial charge in [0.1, 0.15) is 0 Å². The molecule has 0 unspecified atom stereocenters. The van der Waals surface area contributed by atoms with Crippen LogP contribution in [0.5, 0.6) is 0 Å². The molecule has 0 aliphatic rings. The van der Waals surface area contributed by atoms with Gasteiger partial charge in [-0.05, 0) is 18.6 Å². The van der Waals surface area contributed by atoms with Gasteiger partial charge in [0.15, 0.2) is 0 Å². The first kappa shape index (κ1) is 15.1. The third-order valence-corrected chi connectivity index (χ3v) is 2.80. The fourth-order valence-electron chi connectivity index (χ4n) is 1.77. The minimum absolute atomic E-state index is 0.00798. The number of nitrogens with zero attached hydrogens (tertiary/aromatic N) is 1. The molecule has 19 heavy (non-hydrogen) atoms. The van der Waals surface area contributed by atoms with Crippen molar-refractivity contribution in [3.63, 3.8) is 0 Å². The number of rotatable bonds is 6. The van der Waals surface area contributed by atoms with Crippen LogP contribution in [0.4, 0.5) is 0 Å². The van der Waals surface area contributed by atoms with E-state index in [1.54, 1.807) is 43.3 Å². The molecule has 0 aliphatic carbocycles. The van der Waals surface area contributed by atoms with E-state index in [0.29, 0.717) is 12.0 Å². The molecule has 4 nitrogen and oxygen atoms in total. The van der Waals surface area contributed by atoms with E-state index in [0.717, 1.165) is 4.90 Å². The number of imide groups is 1. The molecule has 102 valence electrons. The number of carbonyl (C=O) groups is 2. The van der Waals surface area contributed by atoms with Crippen molar-refractivity contribution in [1.29, 1.82) is 0 Å². The summed E-state index contributed by atoms with van der Waals surface area (Å²) in [5.41, 5.74) is 0.440. The molecule has 1 N–H and O–H groups in total. The minimum Gasteiger partial charge on any atom is -0.395 e. The van der Waals surface area contributed by atoms with Crippen molar-refractivity contribution in [3.05, 3.63) is 48.6 Å². The molecule has 0 heterocycles. The molecule has 4 heteroatoms. The summed E-state index contributed by atoms with van der Waals surface area (Å²) in [6.07, 6.45) is 2.15. The van der Waals surface area contributed by atoms with E-state index in [9.17, 15) is 9.59 Å². The molecule has 0 bridgehead atoms. The van der Waals surface area contributed by atoms with Crippen molar-refractivity contribution in [3.8, 4) is 0 Å². The van der Waals surface area contributed by atoms with Gasteiger partial charge in [-0.1, -0.05) is 31.2 Å². The van der Waals surface area contributed by atoms with Crippen LogP contribution in [0.1, 0.15) is 23.7 Å². The minimum atomic E-state index is -0.379. The van der Waals surface area contributed by atoms with Crippen LogP contribution in [0, 0.1) is 5.92 Å². The Hall–Kier alpha value is -1.94. The lowest BCUT2D eigenvalue weighted by Crippen LogP contribution is -2.41. The van der Waals surface area contributed by atoms with Crippen molar-refractivity contribution in [2.75, 3.05) is 13.2 Å². The van der Waals surface area contributed by atoms with Gasteiger partial charge >= 0.3 is 0 Å². The average molecular weight is 261 g/mol. The van der Waals surface area contributed by atoms with Crippen LogP contribution in [0.3, 0.4) is 0 Å². The van der Waals surface area contributed by atoms with Gasteiger partial charge in [-0.15, -0.1) is 6.58 Å². The standard InChI is InChI=1S/C15H19NO3/c1-3-7-12(2)14(18)16(10-11-17)15(19)13-8-5-4-6-9-13/h3-6,8-9,12,17H,1,7,10-11H2,2H3/t12-/m1/s1. The SMILES string of the molecule is C=CC[C@@H](C)C(=O)N(CCO)C(=O)c1ccccc1. The lowest BCUT2D eigenvalue weighted by atomic mass is 10.1. The number of hydrogen-bond acceptors (Lipinski definition) is 3. The van der Waals surface area contributed by atoms with Crippen LogP contribution in [-0.2, 0) is 4.79 Å². The summed E-state index contributed by atoms with van der Waals surface area (Å²) in [4.78, 5) is 25.5. The van der Waals surface area contributed by atoms with Gasteiger partial charge in [0.2, 0.25) is 5.91 Å². The van der Waals surface area contributed by atoms with Crippen molar-refractivity contribution >= 4 is 11.8 Å². The third-order valence-electron chi connectivity index (χ3n) is 2.80. The Kier molecular flexibility index (Phi) is 5.96. The van der Waals surface area contributed by atoms with E-state index in [4.69, 9.17) is 5.11 Å². The predicted molar refractivity (Wildman–Crippen MR) is 73.5 cm³/mol. The smallest absolute Gasteiger partial charge is 0.260 e. The Morgan fingerprint density at radius 3 is 2.53 bits per heavy atom. The van der Waals surface area contributed by atoms with Gasteiger partial charge in [0, 0.05) is 11.5 Å². The van der Waals surface area contributed by atoms with Crippen molar-refractivity contribution in [2.24, 2.45) is 5.92 Å². The maximum atomic E-state index is 12.3. The molecule has 2 amide bonds. The van der Waals surface area contributed by atoms with Gasteiger partial charge in [-0.3, -0.25) is 14.5 Å². The first-order valence-electron chi connectivity index (χ1n) is 6.24. The van der Waals surface area contributed by atoms with Crippen LogP contribution in [-0.4, -0.2) is 35.0 Å². The average Bonchev–Trinajstić information content (AvgIpc) is 2.44. The number of aliphatic hydroxyl groups excluding tert-OH is 1. The van der Waals surface area contributed by atoms with Crippen LogP contribution < -0.4 is 0 Å². The van der Waals surface area contributed by atoms with Gasteiger partial charge < -0.3 is 5.11 Å². The van der Waals surface area contributed by atoms with E-state index in [-0.39, 0.29) is 30.9 Å². The Morgan fingerprint density at radius 2 is 2.00 bits per heavy atom. The summed E-state index contributed by atoms with van der Waals surface area (Å²) in [5, 5.41) is 9.03. The van der Waals surface area contributed by atoms with Gasteiger partial charge in [0.05, 0.1) is 13.2 Å². The quantitative estimate of drug-likeness (QED) is 0.795. The molecule has 0 fully saturated rings. The van der Waals surface area contributed by atoms with Crippen molar-refractivity contribution < 1.29 is 14.7 Å². The Morgan fingerprint density at radius 1 is 1.37 bits per heavy atom. The summed E-state index contributed by atoms with van der Waals surface area (Å²) in [6.45, 7) is 5.09. The second-order valence-corrected chi connectivity index (χ2v) is 4.31.